The predicted molar refractivity (Wildman–Crippen MR) is 63.1 cm³/mol. The molecule has 84 valence electrons. The number of rotatable bonds is 4. The highest BCUT2D eigenvalue weighted by molar-refractivity contribution is 5.42. The minimum atomic E-state index is 0.652. The van der Waals surface area contributed by atoms with Gasteiger partial charge in [-0.25, -0.2) is 4.98 Å². The fourth-order valence-electron chi connectivity index (χ4n) is 1.95. The summed E-state index contributed by atoms with van der Waals surface area (Å²) in [6, 6.07) is 5.60. The van der Waals surface area contributed by atoms with Gasteiger partial charge in [-0.05, 0) is 38.1 Å². The molecule has 1 aromatic rings. The zero-order valence-electron chi connectivity index (χ0n) is 9.32. The maximum absolute atomic E-state index is 8.75. The summed E-state index contributed by atoms with van der Waals surface area (Å²) in [7, 11) is 0. The van der Waals surface area contributed by atoms with E-state index in [9.17, 15) is 0 Å². The second kappa shape index (κ2) is 5.47. The van der Waals surface area contributed by atoms with Crippen LogP contribution in [0, 0.1) is 11.3 Å². The van der Waals surface area contributed by atoms with Crippen LogP contribution in [0.15, 0.2) is 18.3 Å². The zero-order chi connectivity index (χ0) is 11.2. The normalized spacial score (nSPS) is 15.9. The Hall–Kier alpha value is -1.60. The van der Waals surface area contributed by atoms with E-state index in [1.807, 2.05) is 0 Å². The van der Waals surface area contributed by atoms with Gasteiger partial charge in [0.15, 0.2) is 0 Å². The van der Waals surface area contributed by atoms with Crippen LogP contribution >= 0.6 is 0 Å². The van der Waals surface area contributed by atoms with Crippen molar-refractivity contribution >= 4 is 5.82 Å². The van der Waals surface area contributed by atoms with E-state index in [4.69, 9.17) is 5.26 Å². The molecule has 1 N–H and O–H groups in total. The Morgan fingerprint density at radius 3 is 3.00 bits per heavy atom. The van der Waals surface area contributed by atoms with Gasteiger partial charge in [-0.15, -0.1) is 0 Å². The number of nitriles is 1. The maximum Gasteiger partial charge on any atom is 0.127 e. The molecule has 2 heterocycles. The Balaban J connectivity index is 1.78. The van der Waals surface area contributed by atoms with Crippen LogP contribution in [0.25, 0.3) is 0 Å². The topological polar surface area (TPSA) is 52.0 Å². The van der Waals surface area contributed by atoms with Gasteiger partial charge < -0.3 is 10.2 Å². The number of aromatic nitrogens is 1. The van der Waals surface area contributed by atoms with Crippen LogP contribution in [-0.2, 0) is 0 Å². The minimum Gasteiger partial charge on any atom is -0.369 e. The van der Waals surface area contributed by atoms with E-state index in [1.165, 1.54) is 25.9 Å². The molecule has 1 saturated heterocycles. The van der Waals surface area contributed by atoms with Crippen molar-refractivity contribution in [3.63, 3.8) is 0 Å². The molecular formula is C12H16N4. The molecule has 16 heavy (non-hydrogen) atoms. The number of likely N-dealkylation sites (tertiary alicyclic amines) is 1. The summed E-state index contributed by atoms with van der Waals surface area (Å²) in [5.41, 5.74) is 0.652. The number of pyridine rings is 1. The SMILES string of the molecule is N#Cc1ccnc(NCCN2CCCC2)c1. The first-order valence-electron chi connectivity index (χ1n) is 5.71. The van der Waals surface area contributed by atoms with Crippen molar-refractivity contribution < 1.29 is 0 Å². The summed E-state index contributed by atoms with van der Waals surface area (Å²) < 4.78 is 0. The van der Waals surface area contributed by atoms with Gasteiger partial charge in [0.25, 0.3) is 0 Å². The molecule has 4 nitrogen and oxygen atoms in total. The summed E-state index contributed by atoms with van der Waals surface area (Å²) in [6.07, 6.45) is 4.31. The van der Waals surface area contributed by atoms with Crippen LogP contribution in [0.2, 0.25) is 0 Å². The zero-order valence-corrected chi connectivity index (χ0v) is 9.32. The Labute approximate surface area is 95.9 Å². The van der Waals surface area contributed by atoms with Crippen LogP contribution < -0.4 is 5.32 Å². The van der Waals surface area contributed by atoms with Gasteiger partial charge in [-0.3, -0.25) is 0 Å². The molecule has 4 heteroatoms. The molecular weight excluding hydrogens is 200 g/mol. The maximum atomic E-state index is 8.75. The number of anilines is 1. The fraction of sp³-hybridized carbons (Fsp3) is 0.500. The van der Waals surface area contributed by atoms with Gasteiger partial charge in [0.2, 0.25) is 0 Å². The Morgan fingerprint density at radius 2 is 2.25 bits per heavy atom. The summed E-state index contributed by atoms with van der Waals surface area (Å²) in [4.78, 5) is 6.62. The number of nitrogens with one attached hydrogen (secondary N) is 1. The standard InChI is InChI=1S/C12H16N4/c13-10-11-3-4-14-12(9-11)15-5-8-16-6-1-2-7-16/h3-4,9H,1-2,5-8H2,(H,14,15). The average molecular weight is 216 g/mol. The summed E-state index contributed by atoms with van der Waals surface area (Å²) >= 11 is 0. The first kappa shape index (κ1) is 10.9. The van der Waals surface area contributed by atoms with Gasteiger partial charge in [-0.1, -0.05) is 0 Å². The van der Waals surface area contributed by atoms with Crippen LogP contribution in [0.1, 0.15) is 18.4 Å². The van der Waals surface area contributed by atoms with Crippen molar-refractivity contribution in [3.05, 3.63) is 23.9 Å². The van der Waals surface area contributed by atoms with Crippen molar-refractivity contribution in [1.29, 1.82) is 5.26 Å². The van der Waals surface area contributed by atoms with Crippen LogP contribution in [0.4, 0.5) is 5.82 Å². The largest absolute Gasteiger partial charge is 0.369 e. The van der Waals surface area contributed by atoms with E-state index >= 15 is 0 Å². The molecule has 0 radical (unpaired) electrons. The molecule has 0 aromatic carbocycles. The highest BCUT2D eigenvalue weighted by atomic mass is 15.2. The lowest BCUT2D eigenvalue weighted by atomic mass is 10.3. The van der Waals surface area contributed by atoms with Gasteiger partial charge in [0, 0.05) is 19.3 Å². The second-order valence-electron chi connectivity index (χ2n) is 4.02. The molecule has 1 aliphatic rings. The third-order valence-corrected chi connectivity index (χ3v) is 2.82. The van der Waals surface area contributed by atoms with Crippen LogP contribution in [0.5, 0.6) is 0 Å². The number of hydrogen-bond donors (Lipinski definition) is 1. The van der Waals surface area contributed by atoms with Crippen molar-refractivity contribution in [2.75, 3.05) is 31.5 Å². The Kier molecular flexibility index (Phi) is 3.73. The van der Waals surface area contributed by atoms with E-state index in [-0.39, 0.29) is 0 Å². The molecule has 1 aromatic heterocycles. The van der Waals surface area contributed by atoms with E-state index in [2.05, 4.69) is 21.3 Å². The van der Waals surface area contributed by atoms with Gasteiger partial charge >= 0.3 is 0 Å². The van der Waals surface area contributed by atoms with E-state index in [0.717, 1.165) is 18.9 Å². The van der Waals surface area contributed by atoms with Gasteiger partial charge in [0.1, 0.15) is 5.82 Å². The summed E-state index contributed by atoms with van der Waals surface area (Å²) in [5.74, 6) is 0.790. The molecule has 0 spiro atoms. The van der Waals surface area contributed by atoms with Crippen molar-refractivity contribution in [2.24, 2.45) is 0 Å². The number of nitrogens with zero attached hydrogens (tertiary/aromatic N) is 3. The highest BCUT2D eigenvalue weighted by Crippen LogP contribution is 2.08. The molecule has 1 fully saturated rings. The summed E-state index contributed by atoms with van der Waals surface area (Å²) in [6.45, 7) is 4.38. The first-order chi connectivity index (χ1) is 7.88. The lowest BCUT2D eigenvalue weighted by Gasteiger charge is -2.14. The van der Waals surface area contributed by atoms with E-state index < -0.39 is 0 Å². The number of hydrogen-bond acceptors (Lipinski definition) is 4. The third-order valence-electron chi connectivity index (χ3n) is 2.82. The summed E-state index contributed by atoms with van der Waals surface area (Å²) in [5, 5.41) is 12.0. The van der Waals surface area contributed by atoms with Crippen LogP contribution in [0.3, 0.4) is 0 Å². The molecule has 0 atom stereocenters. The molecule has 0 saturated carbocycles. The first-order valence-corrected chi connectivity index (χ1v) is 5.71. The Morgan fingerprint density at radius 1 is 1.44 bits per heavy atom. The van der Waals surface area contributed by atoms with Gasteiger partial charge in [0.05, 0.1) is 11.6 Å². The lowest BCUT2D eigenvalue weighted by Crippen LogP contribution is -2.26. The molecule has 1 aliphatic heterocycles. The van der Waals surface area contributed by atoms with E-state index in [0.29, 0.717) is 5.56 Å². The minimum absolute atomic E-state index is 0.652. The van der Waals surface area contributed by atoms with Crippen molar-refractivity contribution in [3.8, 4) is 6.07 Å². The van der Waals surface area contributed by atoms with Crippen molar-refractivity contribution in [2.45, 2.75) is 12.8 Å². The molecule has 0 bridgehead atoms. The molecule has 0 amide bonds. The second-order valence-corrected chi connectivity index (χ2v) is 4.02. The Bertz CT molecular complexity index is 377. The van der Waals surface area contributed by atoms with Crippen LogP contribution in [-0.4, -0.2) is 36.1 Å². The average Bonchev–Trinajstić information content (AvgIpc) is 2.82. The molecule has 0 aliphatic carbocycles. The molecule has 2 rings (SSSR count). The van der Waals surface area contributed by atoms with Gasteiger partial charge in [-0.2, -0.15) is 5.26 Å². The quantitative estimate of drug-likeness (QED) is 0.828. The van der Waals surface area contributed by atoms with E-state index in [1.54, 1.807) is 18.3 Å². The highest BCUT2D eigenvalue weighted by Gasteiger charge is 2.10. The monoisotopic (exact) mass is 216 g/mol. The smallest absolute Gasteiger partial charge is 0.127 e. The molecule has 0 unspecified atom stereocenters. The predicted octanol–water partition coefficient (Wildman–Crippen LogP) is 1.46. The van der Waals surface area contributed by atoms with Crippen molar-refractivity contribution in [1.82, 2.24) is 9.88 Å². The third kappa shape index (κ3) is 2.94. The lowest BCUT2D eigenvalue weighted by molar-refractivity contribution is 0.352. The fourth-order valence-corrected chi connectivity index (χ4v) is 1.95.